The van der Waals surface area contributed by atoms with E-state index in [1.807, 2.05) is 19.3 Å². The highest BCUT2D eigenvalue weighted by Gasteiger charge is 2.13. The van der Waals surface area contributed by atoms with E-state index >= 15 is 0 Å². The lowest BCUT2D eigenvalue weighted by molar-refractivity contribution is 0.746. The van der Waals surface area contributed by atoms with E-state index in [0.29, 0.717) is 17.6 Å². The largest absolute Gasteiger partial charge is 0.384 e. The summed E-state index contributed by atoms with van der Waals surface area (Å²) in [6, 6.07) is 1.83. The van der Waals surface area contributed by atoms with Crippen LogP contribution in [0, 0.1) is 0 Å². The van der Waals surface area contributed by atoms with Gasteiger partial charge >= 0.3 is 0 Å². The number of hydrogen-bond donors (Lipinski definition) is 1. The van der Waals surface area contributed by atoms with Gasteiger partial charge < -0.3 is 5.73 Å². The third-order valence-electron chi connectivity index (χ3n) is 2.84. The summed E-state index contributed by atoms with van der Waals surface area (Å²) in [5, 5.41) is 4.41. The number of nitrogens with zero attached hydrogens (tertiary/aromatic N) is 4. The van der Waals surface area contributed by atoms with Gasteiger partial charge in [-0.2, -0.15) is 5.10 Å². The monoisotopic (exact) mass is 245 g/mol. The molecule has 96 valence electrons. The lowest BCUT2D eigenvalue weighted by Gasteiger charge is -2.07. The highest BCUT2D eigenvalue weighted by Crippen LogP contribution is 2.23. The molecule has 0 aliphatic heterocycles. The van der Waals surface area contributed by atoms with E-state index in [1.54, 1.807) is 4.68 Å². The van der Waals surface area contributed by atoms with Gasteiger partial charge in [0.1, 0.15) is 5.82 Å². The molecular weight excluding hydrogens is 226 g/mol. The van der Waals surface area contributed by atoms with Crippen molar-refractivity contribution in [2.75, 3.05) is 5.73 Å². The predicted octanol–water partition coefficient (Wildman–Crippen LogP) is 2.15. The van der Waals surface area contributed by atoms with Gasteiger partial charge in [0.25, 0.3) is 0 Å². The third-order valence-corrected chi connectivity index (χ3v) is 2.84. The van der Waals surface area contributed by atoms with E-state index in [2.05, 4.69) is 35.8 Å². The topological polar surface area (TPSA) is 69.6 Å². The van der Waals surface area contributed by atoms with Crippen LogP contribution in [0.1, 0.15) is 38.1 Å². The number of hydrogen-bond acceptors (Lipinski definition) is 4. The minimum Gasteiger partial charge on any atom is -0.384 e. The maximum atomic E-state index is 5.85. The fourth-order valence-corrected chi connectivity index (χ4v) is 1.88. The Morgan fingerprint density at radius 1 is 1.33 bits per heavy atom. The number of aromatic nitrogens is 4. The molecular formula is C13H19N5. The van der Waals surface area contributed by atoms with Gasteiger partial charge in [0.05, 0.1) is 11.3 Å². The summed E-state index contributed by atoms with van der Waals surface area (Å²) in [6.45, 7) is 6.26. The maximum Gasteiger partial charge on any atom is 0.165 e. The zero-order valence-electron chi connectivity index (χ0n) is 11.3. The first kappa shape index (κ1) is 12.5. The average molecular weight is 245 g/mol. The first-order chi connectivity index (χ1) is 8.51. The van der Waals surface area contributed by atoms with Gasteiger partial charge in [-0.1, -0.05) is 20.8 Å². The number of nitrogens with two attached hydrogens (primary N) is 1. The molecule has 0 aromatic carbocycles. The Morgan fingerprint density at radius 3 is 2.67 bits per heavy atom. The minimum atomic E-state index is 0.329. The van der Waals surface area contributed by atoms with Crippen LogP contribution in [0.15, 0.2) is 12.3 Å². The molecule has 0 bridgehead atoms. The van der Waals surface area contributed by atoms with Crippen molar-refractivity contribution in [2.24, 2.45) is 7.05 Å². The van der Waals surface area contributed by atoms with Crippen LogP contribution >= 0.6 is 0 Å². The average Bonchev–Trinajstić information content (AvgIpc) is 2.69. The van der Waals surface area contributed by atoms with Gasteiger partial charge in [0, 0.05) is 25.0 Å². The highest BCUT2D eigenvalue weighted by atomic mass is 15.3. The molecule has 0 fully saturated rings. The van der Waals surface area contributed by atoms with Crippen LogP contribution in [0.3, 0.4) is 0 Å². The van der Waals surface area contributed by atoms with E-state index < -0.39 is 0 Å². The van der Waals surface area contributed by atoms with Crippen LogP contribution in [-0.2, 0) is 13.5 Å². The van der Waals surface area contributed by atoms with Crippen molar-refractivity contribution in [3.63, 3.8) is 0 Å². The maximum absolute atomic E-state index is 5.85. The Labute approximate surface area is 107 Å². The van der Waals surface area contributed by atoms with Crippen molar-refractivity contribution in [1.29, 1.82) is 0 Å². The molecule has 0 saturated carbocycles. The fraction of sp³-hybridized carbons (Fsp3) is 0.462. The zero-order chi connectivity index (χ0) is 13.3. The quantitative estimate of drug-likeness (QED) is 0.899. The molecule has 0 spiro atoms. The van der Waals surface area contributed by atoms with Crippen molar-refractivity contribution in [3.8, 4) is 11.4 Å². The summed E-state index contributed by atoms with van der Waals surface area (Å²) in [5.41, 5.74) is 8.78. The second-order valence-electron chi connectivity index (χ2n) is 4.71. The summed E-state index contributed by atoms with van der Waals surface area (Å²) in [4.78, 5) is 8.90. The molecule has 5 nitrogen and oxygen atoms in total. The van der Waals surface area contributed by atoms with Crippen molar-refractivity contribution < 1.29 is 0 Å². The van der Waals surface area contributed by atoms with E-state index in [1.165, 1.54) is 0 Å². The first-order valence-electron chi connectivity index (χ1n) is 6.18. The Kier molecular flexibility index (Phi) is 3.32. The van der Waals surface area contributed by atoms with Gasteiger partial charge in [0.15, 0.2) is 5.82 Å². The summed E-state index contributed by atoms with van der Waals surface area (Å²) in [7, 11) is 1.90. The van der Waals surface area contributed by atoms with Crippen molar-refractivity contribution in [1.82, 2.24) is 19.7 Å². The van der Waals surface area contributed by atoms with E-state index in [0.717, 1.165) is 23.4 Å². The molecule has 2 N–H and O–H groups in total. The lowest BCUT2D eigenvalue weighted by Crippen LogP contribution is -2.02. The smallest absolute Gasteiger partial charge is 0.165 e. The molecule has 18 heavy (non-hydrogen) atoms. The zero-order valence-corrected chi connectivity index (χ0v) is 11.3. The Morgan fingerprint density at radius 2 is 2.06 bits per heavy atom. The standard InChI is InChI=1S/C13H19N5/c1-5-10-9(7-18(4)17-10)13-15-11(8(2)3)6-12(14)16-13/h6-8H,5H2,1-4H3,(H2,14,15,16). The highest BCUT2D eigenvalue weighted by molar-refractivity contribution is 5.59. The minimum absolute atomic E-state index is 0.329. The SMILES string of the molecule is CCc1nn(C)cc1-c1nc(N)cc(C(C)C)n1. The fourth-order valence-electron chi connectivity index (χ4n) is 1.88. The summed E-state index contributed by atoms with van der Waals surface area (Å²) in [6.07, 6.45) is 2.79. The molecule has 0 aliphatic carbocycles. The van der Waals surface area contributed by atoms with Crippen LogP contribution in [-0.4, -0.2) is 19.7 Å². The molecule has 5 heteroatoms. The third kappa shape index (κ3) is 2.34. The number of nitrogen functional groups attached to an aromatic ring is 1. The summed E-state index contributed by atoms with van der Waals surface area (Å²) in [5.74, 6) is 1.51. The van der Waals surface area contributed by atoms with E-state index in [-0.39, 0.29) is 0 Å². The molecule has 2 heterocycles. The van der Waals surface area contributed by atoms with Gasteiger partial charge in [-0.25, -0.2) is 9.97 Å². The van der Waals surface area contributed by atoms with Crippen LogP contribution < -0.4 is 5.73 Å². The van der Waals surface area contributed by atoms with Crippen LogP contribution in [0.5, 0.6) is 0 Å². The Hall–Kier alpha value is -1.91. The molecule has 0 aliphatic rings. The van der Waals surface area contributed by atoms with E-state index in [4.69, 9.17) is 5.73 Å². The normalized spacial score (nSPS) is 11.2. The van der Waals surface area contributed by atoms with Gasteiger partial charge in [-0.15, -0.1) is 0 Å². The van der Waals surface area contributed by atoms with Crippen LogP contribution in [0.4, 0.5) is 5.82 Å². The van der Waals surface area contributed by atoms with Gasteiger partial charge in [-0.05, 0) is 12.3 Å². The second kappa shape index (κ2) is 4.76. The summed E-state index contributed by atoms with van der Waals surface area (Å²) < 4.78 is 1.79. The molecule has 0 unspecified atom stereocenters. The van der Waals surface area contributed by atoms with Crippen molar-refractivity contribution >= 4 is 5.82 Å². The van der Waals surface area contributed by atoms with Crippen LogP contribution in [0.25, 0.3) is 11.4 Å². The lowest BCUT2D eigenvalue weighted by atomic mass is 10.1. The van der Waals surface area contributed by atoms with Crippen molar-refractivity contribution in [3.05, 3.63) is 23.7 Å². The van der Waals surface area contributed by atoms with Crippen molar-refractivity contribution in [2.45, 2.75) is 33.1 Å². The van der Waals surface area contributed by atoms with E-state index in [9.17, 15) is 0 Å². The summed E-state index contributed by atoms with van der Waals surface area (Å²) >= 11 is 0. The number of rotatable bonds is 3. The number of anilines is 1. The molecule has 2 rings (SSSR count). The predicted molar refractivity (Wildman–Crippen MR) is 72.1 cm³/mol. The molecule has 2 aromatic heterocycles. The first-order valence-corrected chi connectivity index (χ1v) is 6.18. The molecule has 0 atom stereocenters. The van der Waals surface area contributed by atoms with Crippen LogP contribution in [0.2, 0.25) is 0 Å². The molecule has 0 amide bonds. The Bertz CT molecular complexity index is 557. The van der Waals surface area contributed by atoms with Gasteiger partial charge in [-0.3, -0.25) is 4.68 Å². The second-order valence-corrected chi connectivity index (χ2v) is 4.71. The number of aryl methyl sites for hydroxylation is 2. The molecule has 0 radical (unpaired) electrons. The van der Waals surface area contributed by atoms with Gasteiger partial charge in [0.2, 0.25) is 0 Å². The Balaban J connectivity index is 2.56. The molecule has 2 aromatic rings. The molecule has 0 saturated heterocycles.